The van der Waals surface area contributed by atoms with Gasteiger partial charge in [-0.3, -0.25) is 14.6 Å². The largest absolute Gasteiger partial charge is 0.497 e. The van der Waals surface area contributed by atoms with Crippen molar-refractivity contribution in [3.63, 3.8) is 0 Å². The van der Waals surface area contributed by atoms with E-state index >= 15 is 0 Å². The van der Waals surface area contributed by atoms with Gasteiger partial charge in [0.15, 0.2) is 6.23 Å². The number of hydrogen-bond acceptors (Lipinski definition) is 6. The Hall–Kier alpha value is -2.68. The van der Waals surface area contributed by atoms with Crippen LogP contribution in [0, 0.1) is 5.82 Å². The molecule has 2 fully saturated rings. The fraction of sp³-hybridized carbons (Fsp3) is 0.367. The molecule has 1 aliphatic carbocycles. The predicted molar refractivity (Wildman–Crippen MR) is 153 cm³/mol. The first kappa shape index (κ1) is 30.9. The number of methoxy groups -OCH3 is 2. The molecule has 3 unspecified atom stereocenters. The van der Waals surface area contributed by atoms with Crippen molar-refractivity contribution in [2.75, 3.05) is 40.4 Å². The number of halogens is 3. The third-order valence-electron chi connectivity index (χ3n) is 7.51. The summed E-state index contributed by atoms with van der Waals surface area (Å²) in [6.45, 7) is 3.90. The van der Waals surface area contributed by atoms with Crippen molar-refractivity contribution >= 4 is 30.8 Å². The molecule has 6 nitrogen and oxygen atoms in total. The molecule has 0 spiro atoms. The van der Waals surface area contributed by atoms with Crippen LogP contribution in [-0.2, 0) is 26.2 Å². The van der Waals surface area contributed by atoms with Crippen molar-refractivity contribution < 1.29 is 23.4 Å². The Morgan fingerprint density at radius 3 is 2.13 bits per heavy atom. The molecule has 3 aromatic rings. The smallest absolute Gasteiger partial charge is 0.321 e. The monoisotopic (exact) mass is 576 g/mol. The van der Waals surface area contributed by atoms with Crippen LogP contribution in [-0.4, -0.2) is 62.3 Å². The molecule has 9 heteroatoms. The van der Waals surface area contributed by atoms with Crippen LogP contribution in [0.1, 0.15) is 29.3 Å². The lowest BCUT2D eigenvalue weighted by Gasteiger charge is -2.39. The minimum atomic E-state index is -0.821. The lowest BCUT2D eigenvalue weighted by atomic mass is 9.95. The number of carbonyl (C=O) groups excluding carboxylic acids is 1. The van der Waals surface area contributed by atoms with Crippen molar-refractivity contribution in [1.29, 1.82) is 0 Å². The summed E-state index contributed by atoms with van der Waals surface area (Å²) in [6, 6.07) is 24.1. The van der Waals surface area contributed by atoms with Gasteiger partial charge in [-0.1, -0.05) is 54.6 Å². The number of benzene rings is 3. The highest BCUT2D eigenvalue weighted by molar-refractivity contribution is 5.88. The van der Waals surface area contributed by atoms with Gasteiger partial charge in [-0.05, 0) is 41.8 Å². The highest BCUT2D eigenvalue weighted by Crippen LogP contribution is 2.52. The van der Waals surface area contributed by atoms with Crippen molar-refractivity contribution in [2.45, 2.75) is 30.7 Å². The van der Waals surface area contributed by atoms with E-state index in [9.17, 15) is 9.18 Å². The quantitative estimate of drug-likeness (QED) is 0.318. The number of rotatable bonds is 9. The van der Waals surface area contributed by atoms with E-state index in [-0.39, 0.29) is 42.7 Å². The van der Waals surface area contributed by atoms with Crippen LogP contribution < -0.4 is 4.74 Å². The first-order chi connectivity index (χ1) is 18.0. The highest BCUT2D eigenvalue weighted by atomic mass is 35.5. The minimum Gasteiger partial charge on any atom is -0.497 e. The van der Waals surface area contributed by atoms with Crippen molar-refractivity contribution in [1.82, 2.24) is 9.80 Å². The van der Waals surface area contributed by atoms with E-state index in [0.29, 0.717) is 6.42 Å². The van der Waals surface area contributed by atoms with E-state index in [4.69, 9.17) is 14.2 Å². The van der Waals surface area contributed by atoms with Gasteiger partial charge in [0, 0.05) is 45.4 Å². The summed E-state index contributed by atoms with van der Waals surface area (Å²) in [5, 5.41) is 0. The molecule has 0 aromatic heterocycles. The van der Waals surface area contributed by atoms with Gasteiger partial charge in [0.05, 0.1) is 13.2 Å². The summed E-state index contributed by atoms with van der Waals surface area (Å²) >= 11 is 0. The zero-order valence-electron chi connectivity index (χ0n) is 22.1. The van der Waals surface area contributed by atoms with E-state index in [1.54, 1.807) is 14.2 Å². The molecule has 0 N–H and O–H groups in total. The molecule has 1 heterocycles. The summed E-state index contributed by atoms with van der Waals surface area (Å²) in [5.74, 6) is 0.245. The molecule has 210 valence electrons. The van der Waals surface area contributed by atoms with E-state index in [2.05, 4.69) is 9.80 Å². The average Bonchev–Trinajstić information content (AvgIpc) is 3.70. The Labute approximate surface area is 241 Å². The molecule has 1 aliphatic heterocycles. The molecule has 2 aliphatic rings. The summed E-state index contributed by atoms with van der Waals surface area (Å²) in [7, 11) is 3.26. The molecule has 1 saturated carbocycles. The van der Waals surface area contributed by atoms with Crippen LogP contribution in [0.25, 0.3) is 0 Å². The number of ether oxygens (including phenoxy) is 3. The van der Waals surface area contributed by atoms with E-state index < -0.39 is 11.6 Å². The fourth-order valence-corrected chi connectivity index (χ4v) is 5.22. The van der Waals surface area contributed by atoms with Gasteiger partial charge in [0.25, 0.3) is 0 Å². The van der Waals surface area contributed by atoms with Gasteiger partial charge in [0.1, 0.15) is 17.0 Å². The molecule has 0 bridgehead atoms. The molecule has 0 radical (unpaired) electrons. The minimum absolute atomic E-state index is 0. The Morgan fingerprint density at radius 1 is 0.923 bits per heavy atom. The van der Waals surface area contributed by atoms with Gasteiger partial charge in [0.2, 0.25) is 0 Å². The molecule has 0 amide bonds. The van der Waals surface area contributed by atoms with Gasteiger partial charge in [-0.15, -0.1) is 24.8 Å². The Kier molecular flexibility index (Phi) is 10.8. The third-order valence-corrected chi connectivity index (χ3v) is 7.51. The Balaban J connectivity index is 0.00000210. The van der Waals surface area contributed by atoms with E-state index in [0.717, 1.165) is 55.2 Å². The maximum Gasteiger partial charge on any atom is 0.321 e. The summed E-state index contributed by atoms with van der Waals surface area (Å²) in [4.78, 5) is 18.4. The predicted octanol–water partition coefficient (Wildman–Crippen LogP) is 5.39. The SMILES string of the molecule is COc1ccc(C2(C(=O)OC(c3ccccc3)N3CCN(Cc4ccc(F)cc4)CC3)CC2OC)cc1.Cl.Cl. The summed E-state index contributed by atoms with van der Waals surface area (Å²) < 4.78 is 30.5. The number of piperazine rings is 1. The lowest BCUT2D eigenvalue weighted by molar-refractivity contribution is -0.167. The van der Waals surface area contributed by atoms with Crippen LogP contribution in [0.4, 0.5) is 4.39 Å². The fourth-order valence-electron chi connectivity index (χ4n) is 5.22. The topological polar surface area (TPSA) is 51.2 Å². The zero-order valence-corrected chi connectivity index (χ0v) is 23.8. The molecule has 5 rings (SSSR count). The molecule has 3 atom stereocenters. The second kappa shape index (κ2) is 13.6. The van der Waals surface area contributed by atoms with Crippen molar-refractivity contribution in [3.8, 4) is 5.75 Å². The normalized spacial score (nSPS) is 21.7. The molecular formula is C30H35Cl2FN2O4. The van der Waals surface area contributed by atoms with Gasteiger partial charge in [-0.2, -0.15) is 0 Å². The van der Waals surface area contributed by atoms with Crippen molar-refractivity contribution in [2.24, 2.45) is 0 Å². The van der Waals surface area contributed by atoms with Crippen LogP contribution in [0.5, 0.6) is 5.75 Å². The molecule has 1 saturated heterocycles. The van der Waals surface area contributed by atoms with Crippen LogP contribution in [0.2, 0.25) is 0 Å². The second-order valence-electron chi connectivity index (χ2n) is 9.74. The average molecular weight is 578 g/mol. The van der Waals surface area contributed by atoms with E-state index in [1.807, 2.05) is 66.7 Å². The standard InChI is InChI=1S/C30H33FN2O4.2ClH/c1-35-26-14-10-24(11-15-26)30(20-27(30)36-2)29(34)37-28(23-6-4-3-5-7-23)33-18-16-32(17-19-33)21-22-8-12-25(31)13-9-22;;/h3-15,27-28H,16-21H2,1-2H3;2*1H. The third kappa shape index (κ3) is 6.73. The van der Waals surface area contributed by atoms with Gasteiger partial charge < -0.3 is 14.2 Å². The lowest BCUT2D eigenvalue weighted by Crippen LogP contribution is -2.48. The van der Waals surface area contributed by atoms with Crippen LogP contribution >= 0.6 is 24.8 Å². The Bertz CT molecular complexity index is 1190. The molecular weight excluding hydrogens is 542 g/mol. The number of hydrogen-bond donors (Lipinski definition) is 0. The highest BCUT2D eigenvalue weighted by Gasteiger charge is 2.64. The zero-order chi connectivity index (χ0) is 25.8. The number of carbonyl (C=O) groups is 1. The first-order valence-electron chi connectivity index (χ1n) is 12.7. The second-order valence-corrected chi connectivity index (χ2v) is 9.74. The van der Waals surface area contributed by atoms with Crippen LogP contribution in [0.15, 0.2) is 78.9 Å². The number of nitrogens with zero attached hydrogens (tertiary/aromatic N) is 2. The first-order valence-corrected chi connectivity index (χ1v) is 12.7. The summed E-state index contributed by atoms with van der Waals surface area (Å²) in [5.41, 5.74) is 2.09. The maximum atomic E-state index is 13.8. The summed E-state index contributed by atoms with van der Waals surface area (Å²) in [6.07, 6.45) is -0.131. The maximum absolute atomic E-state index is 13.8. The van der Waals surface area contributed by atoms with Crippen molar-refractivity contribution in [3.05, 3.63) is 101 Å². The van der Waals surface area contributed by atoms with Gasteiger partial charge >= 0.3 is 5.97 Å². The molecule has 3 aromatic carbocycles. The van der Waals surface area contributed by atoms with Crippen LogP contribution in [0.3, 0.4) is 0 Å². The van der Waals surface area contributed by atoms with E-state index in [1.165, 1.54) is 12.1 Å². The number of esters is 1. The molecule has 39 heavy (non-hydrogen) atoms. The Morgan fingerprint density at radius 2 is 1.56 bits per heavy atom. The van der Waals surface area contributed by atoms with Gasteiger partial charge in [-0.25, -0.2) is 4.39 Å².